The number of urea groups is 1. The van der Waals surface area contributed by atoms with Crippen LogP contribution in [-0.4, -0.2) is 71.8 Å². The van der Waals surface area contributed by atoms with Gasteiger partial charge < -0.3 is 9.80 Å². The van der Waals surface area contributed by atoms with E-state index >= 15 is 0 Å². The highest BCUT2D eigenvalue weighted by molar-refractivity contribution is 6.00. The van der Waals surface area contributed by atoms with Gasteiger partial charge in [-0.1, -0.05) is 23.8 Å². The van der Waals surface area contributed by atoms with E-state index in [1.807, 2.05) is 0 Å². The molecule has 3 aliphatic heterocycles. The molecule has 0 bridgehead atoms. The lowest BCUT2D eigenvalue weighted by Gasteiger charge is -2.43. The summed E-state index contributed by atoms with van der Waals surface area (Å²) >= 11 is 0. The van der Waals surface area contributed by atoms with Crippen molar-refractivity contribution in [2.24, 2.45) is 0 Å². The van der Waals surface area contributed by atoms with Crippen LogP contribution in [0.15, 0.2) is 36.9 Å². The summed E-state index contributed by atoms with van der Waals surface area (Å²) in [4.78, 5) is 33.0. The normalized spacial score (nSPS) is 29.0. The van der Waals surface area contributed by atoms with Crippen LogP contribution in [0.1, 0.15) is 12.0 Å². The van der Waals surface area contributed by atoms with Gasteiger partial charge in [0.05, 0.1) is 0 Å². The van der Waals surface area contributed by atoms with E-state index in [9.17, 15) is 9.59 Å². The maximum Gasteiger partial charge on any atom is 0.328 e. The number of likely N-dealkylation sites (N-methyl/N-ethyl adjacent to an activating group) is 1. The number of carbonyl (C=O) groups excluding carboxylic acids is 2. The summed E-state index contributed by atoms with van der Waals surface area (Å²) in [6.45, 7) is 7.73. The summed E-state index contributed by atoms with van der Waals surface area (Å²) in [6.07, 6.45) is 2.16. The predicted molar refractivity (Wildman–Crippen MR) is 99.4 cm³/mol. The average Bonchev–Trinajstić information content (AvgIpc) is 3.04. The molecule has 3 saturated heterocycles. The number of hydrogen-bond donors (Lipinski definition) is 1. The van der Waals surface area contributed by atoms with Crippen LogP contribution in [0, 0.1) is 6.92 Å². The third kappa shape index (κ3) is 2.50. The molecule has 0 aliphatic carbocycles. The molecule has 0 saturated carbocycles. The summed E-state index contributed by atoms with van der Waals surface area (Å²) < 4.78 is 0. The zero-order chi connectivity index (χ0) is 18.4. The van der Waals surface area contributed by atoms with Crippen LogP contribution in [0.25, 0.3) is 0 Å². The second-order valence-corrected chi connectivity index (χ2v) is 7.18. The maximum absolute atomic E-state index is 13.0. The molecule has 3 amide bonds. The molecular formula is C19H25N5O2. The molecule has 3 aliphatic rings. The van der Waals surface area contributed by atoms with Crippen molar-refractivity contribution in [2.45, 2.75) is 31.8 Å². The molecule has 3 heterocycles. The Bertz CT molecular complexity index is 734. The zero-order valence-corrected chi connectivity index (χ0v) is 15.3. The molecule has 7 nitrogen and oxygen atoms in total. The molecule has 0 aromatic heterocycles. The van der Waals surface area contributed by atoms with Crippen LogP contribution < -0.4 is 10.2 Å². The Hall–Kier alpha value is -2.38. The van der Waals surface area contributed by atoms with Gasteiger partial charge in [-0.3, -0.25) is 19.9 Å². The quantitative estimate of drug-likeness (QED) is 0.825. The Morgan fingerprint density at radius 2 is 1.96 bits per heavy atom. The summed E-state index contributed by atoms with van der Waals surface area (Å²) in [7, 11) is 1.75. The van der Waals surface area contributed by atoms with Crippen molar-refractivity contribution >= 4 is 17.6 Å². The number of rotatable bonds is 3. The number of fused-ring (bicyclic) bond motifs is 3. The number of amides is 3. The number of benzene rings is 1. The summed E-state index contributed by atoms with van der Waals surface area (Å²) in [5.74, 6) is -0.140. The number of anilines is 1. The Morgan fingerprint density at radius 1 is 1.23 bits per heavy atom. The first-order valence-electron chi connectivity index (χ1n) is 9.07. The number of aryl methyl sites for hydroxylation is 1. The Kier molecular flexibility index (Phi) is 4.20. The molecule has 1 aromatic carbocycles. The van der Waals surface area contributed by atoms with Gasteiger partial charge in [-0.25, -0.2) is 4.79 Å². The molecule has 3 atom stereocenters. The highest BCUT2D eigenvalue weighted by Crippen LogP contribution is 2.33. The van der Waals surface area contributed by atoms with E-state index in [-0.39, 0.29) is 37.0 Å². The van der Waals surface area contributed by atoms with Gasteiger partial charge in [0, 0.05) is 32.4 Å². The number of nitrogens with one attached hydrogen (secondary N) is 1. The van der Waals surface area contributed by atoms with Gasteiger partial charge in [0.2, 0.25) is 0 Å². The highest BCUT2D eigenvalue weighted by Gasteiger charge is 2.55. The molecule has 3 unspecified atom stereocenters. The molecule has 138 valence electrons. The fraction of sp³-hybridized carbons (Fsp3) is 0.474. The van der Waals surface area contributed by atoms with E-state index in [2.05, 4.69) is 52.9 Å². The van der Waals surface area contributed by atoms with Crippen LogP contribution in [0.4, 0.5) is 10.5 Å². The molecule has 4 rings (SSSR count). The molecule has 1 aromatic rings. The molecule has 3 fully saturated rings. The lowest BCUT2D eigenvalue weighted by molar-refractivity contribution is -0.138. The van der Waals surface area contributed by atoms with Gasteiger partial charge in [-0.2, -0.15) is 0 Å². The fourth-order valence-electron chi connectivity index (χ4n) is 4.22. The number of carbonyl (C=O) groups is 2. The van der Waals surface area contributed by atoms with E-state index in [4.69, 9.17) is 0 Å². The molecule has 0 radical (unpaired) electrons. The van der Waals surface area contributed by atoms with Crippen molar-refractivity contribution in [3.8, 4) is 0 Å². The predicted octanol–water partition coefficient (Wildman–Crippen LogP) is 1.17. The van der Waals surface area contributed by atoms with Crippen LogP contribution in [0.3, 0.4) is 0 Å². The number of hydrogen-bond acceptors (Lipinski definition) is 5. The Balaban J connectivity index is 1.65. The van der Waals surface area contributed by atoms with Gasteiger partial charge in [0.1, 0.15) is 18.5 Å². The van der Waals surface area contributed by atoms with Crippen molar-refractivity contribution < 1.29 is 9.59 Å². The third-order valence-corrected chi connectivity index (χ3v) is 5.55. The van der Waals surface area contributed by atoms with Crippen molar-refractivity contribution in [1.29, 1.82) is 0 Å². The third-order valence-electron chi connectivity index (χ3n) is 5.55. The summed E-state index contributed by atoms with van der Waals surface area (Å²) in [6, 6.07) is 7.79. The number of nitrogens with zero attached hydrogens (tertiary/aromatic N) is 4. The average molecular weight is 355 g/mol. The van der Waals surface area contributed by atoms with Crippen LogP contribution in [0.5, 0.6) is 0 Å². The van der Waals surface area contributed by atoms with Crippen LogP contribution in [0.2, 0.25) is 0 Å². The van der Waals surface area contributed by atoms with E-state index in [1.54, 1.807) is 18.0 Å². The van der Waals surface area contributed by atoms with Gasteiger partial charge in [-0.05, 0) is 25.5 Å². The highest BCUT2D eigenvalue weighted by atomic mass is 16.2. The van der Waals surface area contributed by atoms with Gasteiger partial charge >= 0.3 is 6.03 Å². The van der Waals surface area contributed by atoms with Crippen molar-refractivity contribution in [3.63, 3.8) is 0 Å². The SMILES string of the molecule is C=CCN1C(=O)C2C(NC3N(c4ccc(C)cc4)CCCN23)N(C)C1=O. The van der Waals surface area contributed by atoms with Gasteiger partial charge in [-0.15, -0.1) is 6.58 Å². The lowest BCUT2D eigenvalue weighted by Crippen LogP contribution is -2.66. The smallest absolute Gasteiger partial charge is 0.328 e. The minimum absolute atomic E-state index is 0.0932. The van der Waals surface area contributed by atoms with Crippen molar-refractivity contribution in [1.82, 2.24) is 20.0 Å². The standard InChI is InChI=1S/C19H25N5O2/c1-4-10-24-17(25)15-16(21(3)19(24)26)20-18-22(11-5-12-23(15)18)14-8-6-13(2)7-9-14/h4,6-9,15-16,18,20H,1,5,10-12H2,2-3H3. The van der Waals surface area contributed by atoms with E-state index in [0.29, 0.717) is 0 Å². The summed E-state index contributed by atoms with van der Waals surface area (Å²) in [5.41, 5.74) is 2.34. The molecular weight excluding hydrogens is 330 g/mol. The summed E-state index contributed by atoms with van der Waals surface area (Å²) in [5, 5.41) is 3.51. The topological polar surface area (TPSA) is 59.1 Å². The van der Waals surface area contributed by atoms with Crippen molar-refractivity contribution in [3.05, 3.63) is 42.5 Å². The van der Waals surface area contributed by atoms with Crippen LogP contribution in [-0.2, 0) is 4.79 Å². The zero-order valence-electron chi connectivity index (χ0n) is 15.3. The van der Waals surface area contributed by atoms with Crippen LogP contribution >= 0.6 is 0 Å². The van der Waals surface area contributed by atoms with Crippen molar-refractivity contribution in [2.75, 3.05) is 31.6 Å². The van der Waals surface area contributed by atoms with E-state index in [1.165, 1.54) is 10.5 Å². The minimum atomic E-state index is -0.365. The number of imide groups is 1. The Morgan fingerprint density at radius 3 is 2.65 bits per heavy atom. The second-order valence-electron chi connectivity index (χ2n) is 7.18. The first-order valence-corrected chi connectivity index (χ1v) is 9.07. The van der Waals surface area contributed by atoms with Gasteiger partial charge in [0.15, 0.2) is 0 Å². The Labute approximate surface area is 153 Å². The molecule has 26 heavy (non-hydrogen) atoms. The molecule has 1 N–H and O–H groups in total. The minimum Gasteiger partial charge on any atom is -0.343 e. The van der Waals surface area contributed by atoms with E-state index in [0.717, 1.165) is 25.2 Å². The first kappa shape index (κ1) is 17.1. The van der Waals surface area contributed by atoms with Gasteiger partial charge in [0.25, 0.3) is 5.91 Å². The second kappa shape index (κ2) is 6.41. The maximum atomic E-state index is 13.0. The fourth-order valence-corrected chi connectivity index (χ4v) is 4.22. The monoisotopic (exact) mass is 355 g/mol. The van der Waals surface area contributed by atoms with E-state index < -0.39 is 0 Å². The first-order chi connectivity index (χ1) is 12.5. The molecule has 0 spiro atoms. The lowest BCUT2D eigenvalue weighted by atomic mass is 10.1. The molecule has 7 heteroatoms. The largest absolute Gasteiger partial charge is 0.343 e.